The molecule has 0 saturated carbocycles. The Labute approximate surface area is 419 Å². The highest BCUT2D eigenvalue weighted by Crippen LogP contribution is 2.54. The Morgan fingerprint density at radius 2 is 0.603 bits per heavy atom. The third kappa shape index (κ3) is 8.00. The number of aromatic nitrogens is 4. The molecule has 10 rings (SSSR count). The summed E-state index contributed by atoms with van der Waals surface area (Å²) >= 11 is 0. The average Bonchev–Trinajstić information content (AvgIpc) is 3.41. The molecule has 3 heterocycles. The van der Waals surface area contributed by atoms with Crippen molar-refractivity contribution in [1.82, 2.24) is 19.9 Å². The summed E-state index contributed by atoms with van der Waals surface area (Å²) in [5, 5.41) is -7.18. The Bertz CT molecular complexity index is 4330. The van der Waals surface area contributed by atoms with Gasteiger partial charge in [-0.05, 0) is 79.7 Å². The molecule has 2 aliphatic rings. The van der Waals surface area contributed by atoms with Crippen molar-refractivity contribution in [2.45, 2.75) is 68.0 Å². The van der Waals surface area contributed by atoms with Crippen molar-refractivity contribution in [3.8, 4) is 11.4 Å². The van der Waals surface area contributed by atoms with Gasteiger partial charge in [0.15, 0.2) is 30.2 Å². The molecule has 0 spiro atoms. The lowest BCUT2D eigenvalue weighted by Crippen LogP contribution is -2.45. The molecule has 0 N–H and O–H groups in total. The maximum Gasteiger partial charge on any atom is 0.226 e. The second-order valence-electron chi connectivity index (χ2n) is 16.4. The first-order chi connectivity index (χ1) is 34.6. The zero-order valence-corrected chi connectivity index (χ0v) is 42.3. The molecule has 6 aromatic carbocycles. The van der Waals surface area contributed by atoms with Crippen molar-refractivity contribution in [2.75, 3.05) is 0 Å². The van der Waals surface area contributed by atoms with Gasteiger partial charge in [0, 0.05) is 0 Å². The largest absolute Gasteiger partial charge is 0.258 e. The molecule has 73 heavy (non-hydrogen) atoms. The quantitative estimate of drug-likeness (QED) is 0.145. The van der Waals surface area contributed by atoms with E-state index in [-0.39, 0.29) is 0 Å². The van der Waals surface area contributed by atoms with Crippen molar-refractivity contribution >= 4 is 69.1 Å². The minimum absolute atomic E-state index is 0.459. The van der Waals surface area contributed by atoms with E-state index in [1.165, 1.54) is 109 Å². The standard InChI is InChI=1S/C49H34N6O12S6/c1-49-41-39(52-45(70(60,61)34-24-12-4-13-25-34)46(53-41)71(62,63)35-26-14-5-15-27-35)38-40(51-44(69(58,59)33-22-10-3-11-23-33)43(50-38)68(56,57)32-20-8-2-9-21-32)42(49)54-47(72(64,65)36-28-16-6-17-29-36)48(55-49)73(66,67)37-30-18-7-19-31-37/h2-31,42H,1H3. The smallest absolute Gasteiger partial charge is 0.226 e. The number of sulfone groups is 6. The van der Waals surface area contributed by atoms with Crippen molar-refractivity contribution < 1.29 is 50.5 Å². The minimum atomic E-state index is -5.08. The molecule has 24 heteroatoms. The van der Waals surface area contributed by atoms with Crippen LogP contribution in [0.3, 0.4) is 0 Å². The van der Waals surface area contributed by atoms with Crippen LogP contribution in [-0.2, 0) is 64.6 Å². The van der Waals surface area contributed by atoms with Crippen LogP contribution in [0.5, 0.6) is 0 Å². The molecule has 0 amide bonds. The van der Waals surface area contributed by atoms with Crippen LogP contribution in [0.25, 0.3) is 11.4 Å². The first-order valence-corrected chi connectivity index (χ1v) is 30.4. The van der Waals surface area contributed by atoms with E-state index in [0.29, 0.717) is 0 Å². The van der Waals surface area contributed by atoms with Crippen LogP contribution < -0.4 is 0 Å². The van der Waals surface area contributed by atoms with Gasteiger partial charge in [0.05, 0.1) is 35.1 Å². The topological polar surface area (TPSA) is 281 Å². The number of aliphatic imine (C=N–C) groups is 2. The molecule has 8 aromatic rings. The maximum atomic E-state index is 15.0. The first-order valence-electron chi connectivity index (χ1n) is 21.5. The maximum absolute atomic E-state index is 15.0. The number of fused-ring (bicyclic) bond motifs is 6. The lowest BCUT2D eigenvalue weighted by atomic mass is 9.79. The molecular weight excluding hydrogens is 1060 g/mol. The van der Waals surface area contributed by atoms with Crippen molar-refractivity contribution in [3.05, 3.63) is 193 Å². The molecule has 0 saturated heterocycles. The number of hydrogen-bond acceptors (Lipinski definition) is 18. The van der Waals surface area contributed by atoms with Gasteiger partial charge in [-0.3, -0.25) is 9.98 Å². The highest BCUT2D eigenvalue weighted by Gasteiger charge is 2.56. The van der Waals surface area contributed by atoms with Gasteiger partial charge in [0.2, 0.25) is 59.0 Å². The van der Waals surface area contributed by atoms with E-state index in [1.807, 2.05) is 0 Å². The SMILES string of the molecule is CC12N=C(S(=O)(=O)c3ccccc3)C(S(=O)(=O)c3ccccc3)=NC1c1nc(S(=O)(=O)c3ccccc3)c(S(=O)(=O)c3ccccc3)nc1-c1nc(S(=O)(=O)c3ccccc3)c(S(=O)(=O)c3ccccc3)nc12. The molecule has 0 fully saturated rings. The fourth-order valence-electron chi connectivity index (χ4n) is 8.16. The number of benzene rings is 6. The van der Waals surface area contributed by atoms with Gasteiger partial charge >= 0.3 is 0 Å². The Morgan fingerprint density at radius 1 is 0.329 bits per heavy atom. The van der Waals surface area contributed by atoms with Gasteiger partial charge in [-0.1, -0.05) is 109 Å². The van der Waals surface area contributed by atoms with Crippen LogP contribution in [0, 0.1) is 0 Å². The average molecular weight is 1090 g/mol. The van der Waals surface area contributed by atoms with Crippen LogP contribution in [0.1, 0.15) is 24.4 Å². The monoisotopic (exact) mass is 1090 g/mol. The van der Waals surface area contributed by atoms with E-state index in [2.05, 4.69) is 29.9 Å². The summed E-state index contributed by atoms with van der Waals surface area (Å²) in [6.45, 7) is 1.16. The molecule has 1 aliphatic carbocycles. The molecule has 0 radical (unpaired) electrons. The highest BCUT2D eigenvalue weighted by molar-refractivity contribution is 8.18. The molecule has 1 aliphatic heterocycles. The first kappa shape index (κ1) is 49.1. The second-order valence-corrected chi connectivity index (χ2v) is 27.6. The lowest BCUT2D eigenvalue weighted by molar-refractivity contribution is 0.366. The highest BCUT2D eigenvalue weighted by atomic mass is 32.2. The van der Waals surface area contributed by atoms with Crippen LogP contribution in [0.2, 0.25) is 0 Å². The van der Waals surface area contributed by atoms with E-state index < -0.39 is 153 Å². The van der Waals surface area contributed by atoms with Crippen LogP contribution in [0.15, 0.2) is 241 Å². The van der Waals surface area contributed by atoms with E-state index in [9.17, 15) is 50.5 Å². The Balaban J connectivity index is 1.41. The third-order valence-corrected chi connectivity index (χ3v) is 22.3. The van der Waals surface area contributed by atoms with Gasteiger partial charge in [-0.15, -0.1) is 0 Å². The van der Waals surface area contributed by atoms with E-state index in [4.69, 9.17) is 0 Å². The van der Waals surface area contributed by atoms with Gasteiger partial charge in [0.1, 0.15) is 28.7 Å². The predicted molar refractivity (Wildman–Crippen MR) is 263 cm³/mol. The third-order valence-electron chi connectivity index (χ3n) is 11.8. The fourth-order valence-corrected chi connectivity index (χ4v) is 17.6. The van der Waals surface area contributed by atoms with Crippen LogP contribution in [-0.4, -0.2) is 80.5 Å². The predicted octanol–water partition coefficient (Wildman–Crippen LogP) is 6.29. The van der Waals surface area contributed by atoms with Crippen molar-refractivity contribution in [3.63, 3.8) is 0 Å². The van der Waals surface area contributed by atoms with Gasteiger partial charge in [-0.2, -0.15) is 0 Å². The van der Waals surface area contributed by atoms with Crippen molar-refractivity contribution in [1.29, 1.82) is 0 Å². The van der Waals surface area contributed by atoms with Crippen molar-refractivity contribution in [2.24, 2.45) is 9.98 Å². The fraction of sp³-hybridized carbons (Fsp3) is 0.0612. The Kier molecular flexibility index (Phi) is 11.9. The summed E-state index contributed by atoms with van der Waals surface area (Å²) in [6, 6.07) is 37.1. The van der Waals surface area contributed by atoms with Gasteiger partial charge in [-0.25, -0.2) is 70.4 Å². The molecule has 368 valence electrons. The molecule has 2 atom stereocenters. The Morgan fingerprint density at radius 3 is 0.945 bits per heavy atom. The second kappa shape index (κ2) is 17.6. The van der Waals surface area contributed by atoms with E-state index in [0.717, 1.165) is 79.7 Å². The number of hydrogen-bond donors (Lipinski definition) is 0. The summed E-state index contributed by atoms with van der Waals surface area (Å²) in [5.74, 6) is 0. The molecule has 2 unspecified atom stereocenters. The van der Waals surface area contributed by atoms with Gasteiger partial charge < -0.3 is 0 Å². The van der Waals surface area contributed by atoms with E-state index >= 15 is 0 Å². The summed E-state index contributed by atoms with van der Waals surface area (Å²) in [5.41, 5.74) is -5.40. The summed E-state index contributed by atoms with van der Waals surface area (Å²) < 4.78 is 179. The van der Waals surface area contributed by atoms with Gasteiger partial charge in [0.25, 0.3) is 0 Å². The number of nitrogens with zero attached hydrogens (tertiary/aromatic N) is 6. The molecule has 0 bridgehead atoms. The summed E-state index contributed by atoms with van der Waals surface area (Å²) in [7, 11) is -30.4. The molecule has 18 nitrogen and oxygen atoms in total. The number of rotatable bonds is 10. The van der Waals surface area contributed by atoms with Crippen LogP contribution in [0.4, 0.5) is 0 Å². The molecule has 2 aromatic heterocycles. The van der Waals surface area contributed by atoms with E-state index in [1.54, 1.807) is 0 Å². The molecular formula is C49H34N6O12S6. The zero-order chi connectivity index (χ0) is 51.8. The zero-order valence-electron chi connectivity index (χ0n) is 37.4. The Hall–Kier alpha value is -7.48. The minimum Gasteiger partial charge on any atom is -0.258 e. The summed E-state index contributed by atoms with van der Waals surface area (Å²) in [6.07, 6.45) is 0. The summed E-state index contributed by atoms with van der Waals surface area (Å²) in [4.78, 5) is 24.4. The lowest BCUT2D eigenvalue weighted by Gasteiger charge is -2.40. The normalized spacial score (nSPS) is 17.0. The van der Waals surface area contributed by atoms with Crippen LogP contribution >= 0.6 is 0 Å².